The minimum atomic E-state index is -0.120. The smallest absolute Gasteiger partial charge is 0.280 e. The van der Waals surface area contributed by atoms with Crippen LogP contribution in [0.4, 0.5) is 5.13 Å². The van der Waals surface area contributed by atoms with Crippen LogP contribution < -0.4 is 4.90 Å². The zero-order chi connectivity index (χ0) is 22.0. The second-order valence-corrected chi connectivity index (χ2v) is 9.17. The number of nitrogens with zero attached hydrogens (tertiary/aromatic N) is 5. The number of anilines is 1. The SMILES string of the molecule is CCn1nc(C(=O)N(CCCN2CCOCC2)c2nc3c(C)ccc(Cl)c3s2)cc1C.Cl. The molecular weight excluding hydrogens is 469 g/mol. The van der Waals surface area contributed by atoms with Gasteiger partial charge in [0.05, 0.1) is 28.5 Å². The monoisotopic (exact) mass is 497 g/mol. The molecule has 0 atom stereocenters. The first-order valence-electron chi connectivity index (χ1n) is 10.7. The lowest BCUT2D eigenvalue weighted by atomic mass is 10.2. The van der Waals surface area contributed by atoms with Gasteiger partial charge >= 0.3 is 0 Å². The van der Waals surface area contributed by atoms with E-state index in [1.165, 1.54) is 11.3 Å². The van der Waals surface area contributed by atoms with Gasteiger partial charge in [-0.2, -0.15) is 5.10 Å². The third-order valence-electron chi connectivity index (χ3n) is 5.62. The number of carbonyl (C=O) groups is 1. The Labute approximate surface area is 203 Å². The molecule has 0 radical (unpaired) electrons. The number of ether oxygens (including phenoxy) is 1. The quantitative estimate of drug-likeness (QED) is 0.478. The van der Waals surface area contributed by atoms with Gasteiger partial charge in [-0.25, -0.2) is 4.98 Å². The maximum absolute atomic E-state index is 13.5. The van der Waals surface area contributed by atoms with E-state index in [0.717, 1.165) is 67.3 Å². The molecule has 32 heavy (non-hydrogen) atoms. The summed E-state index contributed by atoms with van der Waals surface area (Å²) in [6.45, 7) is 11.6. The van der Waals surface area contributed by atoms with E-state index < -0.39 is 0 Å². The molecule has 1 fully saturated rings. The first kappa shape index (κ1) is 24.9. The molecule has 0 spiro atoms. The second kappa shape index (κ2) is 10.9. The summed E-state index contributed by atoms with van der Waals surface area (Å²) in [6, 6.07) is 5.70. The van der Waals surface area contributed by atoms with Crippen LogP contribution >= 0.6 is 35.3 Å². The van der Waals surface area contributed by atoms with Gasteiger partial charge in [0.15, 0.2) is 10.8 Å². The van der Waals surface area contributed by atoms with E-state index in [0.29, 0.717) is 22.4 Å². The summed E-state index contributed by atoms with van der Waals surface area (Å²) >= 11 is 7.89. The van der Waals surface area contributed by atoms with Crippen LogP contribution in [0.2, 0.25) is 5.02 Å². The van der Waals surface area contributed by atoms with Crippen LogP contribution in [0, 0.1) is 13.8 Å². The lowest BCUT2D eigenvalue weighted by molar-refractivity contribution is 0.0376. The van der Waals surface area contributed by atoms with E-state index in [-0.39, 0.29) is 18.3 Å². The minimum Gasteiger partial charge on any atom is -0.379 e. The second-order valence-electron chi connectivity index (χ2n) is 7.79. The van der Waals surface area contributed by atoms with Crippen molar-refractivity contribution in [2.45, 2.75) is 33.7 Å². The number of benzene rings is 1. The standard InChI is InChI=1S/C22H28ClN5O2S.ClH/c1-4-28-16(3)14-18(25-28)21(29)27(9-5-8-26-10-12-30-13-11-26)22-24-19-15(2)6-7-17(23)20(19)31-22;/h6-7,14H,4-5,8-13H2,1-3H3;1H. The van der Waals surface area contributed by atoms with Crippen molar-refractivity contribution in [1.29, 1.82) is 0 Å². The highest BCUT2D eigenvalue weighted by atomic mass is 35.5. The largest absolute Gasteiger partial charge is 0.379 e. The number of hydrogen-bond donors (Lipinski definition) is 0. The number of carbonyl (C=O) groups excluding carboxylic acids is 1. The average molecular weight is 498 g/mol. The number of rotatable bonds is 7. The molecule has 3 aromatic rings. The van der Waals surface area contributed by atoms with E-state index in [4.69, 9.17) is 21.3 Å². The van der Waals surface area contributed by atoms with Gasteiger partial charge in [0.2, 0.25) is 0 Å². The fourth-order valence-electron chi connectivity index (χ4n) is 3.84. The molecule has 0 bridgehead atoms. The highest BCUT2D eigenvalue weighted by molar-refractivity contribution is 7.23. The number of fused-ring (bicyclic) bond motifs is 1. The Kier molecular flexibility index (Phi) is 8.52. The third-order valence-corrected chi connectivity index (χ3v) is 7.16. The predicted octanol–water partition coefficient (Wildman–Crippen LogP) is 4.57. The van der Waals surface area contributed by atoms with Gasteiger partial charge in [-0.3, -0.25) is 19.3 Å². The molecule has 0 aliphatic carbocycles. The van der Waals surface area contributed by atoms with Crippen molar-refractivity contribution in [3.8, 4) is 0 Å². The zero-order valence-electron chi connectivity index (χ0n) is 18.6. The van der Waals surface area contributed by atoms with Gasteiger partial charge in [0.25, 0.3) is 5.91 Å². The van der Waals surface area contributed by atoms with Crippen LogP contribution in [0.25, 0.3) is 10.2 Å². The molecular formula is C22H29Cl2N5O2S. The van der Waals surface area contributed by atoms with Gasteiger partial charge in [-0.15, -0.1) is 12.4 Å². The van der Waals surface area contributed by atoms with E-state index >= 15 is 0 Å². The molecule has 3 heterocycles. The number of thiazole rings is 1. The van der Waals surface area contributed by atoms with Crippen LogP contribution in [-0.4, -0.2) is 65.0 Å². The van der Waals surface area contributed by atoms with Crippen molar-refractivity contribution >= 4 is 56.6 Å². The Bertz CT molecular complexity index is 1040. The van der Waals surface area contributed by atoms with Crippen LogP contribution in [0.1, 0.15) is 35.1 Å². The molecule has 2 aromatic heterocycles. The number of aromatic nitrogens is 3. The summed E-state index contributed by atoms with van der Waals surface area (Å²) in [7, 11) is 0. The molecule has 1 aliphatic rings. The maximum atomic E-state index is 13.5. The van der Waals surface area contributed by atoms with Gasteiger partial charge in [0, 0.05) is 38.4 Å². The molecule has 1 saturated heterocycles. The van der Waals surface area contributed by atoms with Gasteiger partial charge in [-0.1, -0.05) is 29.0 Å². The molecule has 1 amide bonds. The normalized spacial score (nSPS) is 14.5. The molecule has 7 nitrogen and oxygen atoms in total. The number of morpholine rings is 1. The Morgan fingerprint density at radius 2 is 2.03 bits per heavy atom. The lowest BCUT2D eigenvalue weighted by Gasteiger charge is -2.27. The molecule has 174 valence electrons. The fourth-order valence-corrected chi connectivity index (χ4v) is 5.18. The highest BCUT2D eigenvalue weighted by Gasteiger charge is 2.25. The van der Waals surface area contributed by atoms with Crippen LogP contribution in [0.5, 0.6) is 0 Å². The molecule has 1 aliphatic heterocycles. The molecule has 0 unspecified atom stereocenters. The number of hydrogen-bond acceptors (Lipinski definition) is 6. The Hall–Kier alpha value is -1.71. The molecule has 10 heteroatoms. The molecule has 1 aromatic carbocycles. The van der Waals surface area contributed by atoms with Gasteiger partial charge in [0.1, 0.15) is 0 Å². The maximum Gasteiger partial charge on any atom is 0.280 e. The molecule has 0 saturated carbocycles. The van der Waals surface area contributed by atoms with Crippen molar-refractivity contribution in [1.82, 2.24) is 19.7 Å². The fraction of sp³-hybridized carbons (Fsp3) is 0.500. The van der Waals surface area contributed by atoms with E-state index in [1.807, 2.05) is 43.7 Å². The number of amides is 1. The zero-order valence-corrected chi connectivity index (χ0v) is 21.0. The predicted molar refractivity (Wildman–Crippen MR) is 133 cm³/mol. The van der Waals surface area contributed by atoms with Crippen LogP contribution in [0.15, 0.2) is 18.2 Å². The summed E-state index contributed by atoms with van der Waals surface area (Å²) in [5, 5.41) is 5.84. The van der Waals surface area contributed by atoms with Crippen molar-refractivity contribution in [3.63, 3.8) is 0 Å². The minimum absolute atomic E-state index is 0. The van der Waals surface area contributed by atoms with Crippen molar-refractivity contribution in [3.05, 3.63) is 40.2 Å². The van der Waals surface area contributed by atoms with Gasteiger partial charge in [-0.05, 0) is 44.9 Å². The first-order chi connectivity index (χ1) is 15.0. The Morgan fingerprint density at radius 3 is 2.69 bits per heavy atom. The summed E-state index contributed by atoms with van der Waals surface area (Å²) in [5.74, 6) is -0.120. The van der Waals surface area contributed by atoms with E-state index in [2.05, 4.69) is 10.00 Å². The lowest BCUT2D eigenvalue weighted by Crippen LogP contribution is -2.39. The van der Waals surface area contributed by atoms with Crippen LogP contribution in [0.3, 0.4) is 0 Å². The number of halogens is 2. The number of aryl methyl sites for hydroxylation is 3. The Morgan fingerprint density at radius 1 is 1.28 bits per heavy atom. The summed E-state index contributed by atoms with van der Waals surface area (Å²) in [5.41, 5.74) is 3.33. The third kappa shape index (κ3) is 5.26. The molecule has 4 rings (SSSR count). The first-order valence-corrected chi connectivity index (χ1v) is 11.9. The van der Waals surface area contributed by atoms with E-state index in [1.54, 1.807) is 4.90 Å². The van der Waals surface area contributed by atoms with Crippen LogP contribution in [-0.2, 0) is 11.3 Å². The van der Waals surface area contributed by atoms with Crippen molar-refractivity contribution < 1.29 is 9.53 Å². The van der Waals surface area contributed by atoms with Crippen molar-refractivity contribution in [2.75, 3.05) is 44.3 Å². The average Bonchev–Trinajstić information content (AvgIpc) is 3.39. The molecule has 0 N–H and O–H groups in total. The van der Waals surface area contributed by atoms with Crippen molar-refractivity contribution in [2.24, 2.45) is 0 Å². The topological polar surface area (TPSA) is 63.5 Å². The Balaban J connectivity index is 0.00000289. The van der Waals surface area contributed by atoms with Gasteiger partial charge < -0.3 is 4.74 Å². The highest BCUT2D eigenvalue weighted by Crippen LogP contribution is 2.36. The van der Waals surface area contributed by atoms with E-state index in [9.17, 15) is 4.79 Å². The summed E-state index contributed by atoms with van der Waals surface area (Å²) < 4.78 is 8.20. The summed E-state index contributed by atoms with van der Waals surface area (Å²) in [4.78, 5) is 22.5. The summed E-state index contributed by atoms with van der Waals surface area (Å²) in [6.07, 6.45) is 0.849.